The highest BCUT2D eigenvalue weighted by atomic mass is 35.5. The first-order valence-corrected chi connectivity index (χ1v) is 7.86. The first-order valence-electron chi connectivity index (χ1n) is 7.11. The van der Waals surface area contributed by atoms with Gasteiger partial charge in [-0.25, -0.2) is 9.67 Å². The minimum Gasteiger partial charge on any atom is -0.480 e. The van der Waals surface area contributed by atoms with Crippen LogP contribution in [0.25, 0.3) is 5.69 Å². The van der Waals surface area contributed by atoms with Gasteiger partial charge >= 0.3 is 5.97 Å². The Hall–Kier alpha value is -2.12. The summed E-state index contributed by atoms with van der Waals surface area (Å²) < 4.78 is 1.43. The van der Waals surface area contributed by atoms with E-state index in [2.05, 4.69) is 10.1 Å². The zero-order valence-electron chi connectivity index (χ0n) is 13.3. The minimum atomic E-state index is -1.12. The van der Waals surface area contributed by atoms with Crippen LogP contribution in [0, 0.1) is 0 Å². The number of carbonyl (C=O) groups is 2. The van der Waals surface area contributed by atoms with Crippen LogP contribution in [0.3, 0.4) is 0 Å². The van der Waals surface area contributed by atoms with E-state index in [0.29, 0.717) is 21.6 Å². The minimum absolute atomic E-state index is 0.0591. The predicted octanol–water partition coefficient (Wildman–Crippen LogP) is 2.85. The molecule has 1 amide bonds. The molecular formula is C15H16Cl2N4O3. The second-order valence-electron chi connectivity index (χ2n) is 5.49. The van der Waals surface area contributed by atoms with Crippen molar-refractivity contribution in [2.75, 3.05) is 13.6 Å². The van der Waals surface area contributed by atoms with Crippen LogP contribution in [-0.4, -0.2) is 50.2 Å². The van der Waals surface area contributed by atoms with Crippen molar-refractivity contribution in [3.05, 3.63) is 39.9 Å². The van der Waals surface area contributed by atoms with Crippen LogP contribution >= 0.6 is 23.2 Å². The lowest BCUT2D eigenvalue weighted by Crippen LogP contribution is -2.32. The third-order valence-electron chi connectivity index (χ3n) is 3.21. The van der Waals surface area contributed by atoms with Crippen LogP contribution in [0.4, 0.5) is 0 Å². The molecule has 9 heteroatoms. The van der Waals surface area contributed by atoms with Crippen LogP contribution in [0.5, 0.6) is 0 Å². The predicted molar refractivity (Wildman–Crippen MR) is 90.1 cm³/mol. The summed E-state index contributed by atoms with van der Waals surface area (Å²) >= 11 is 12.4. The highest BCUT2D eigenvalue weighted by Gasteiger charge is 2.24. The Morgan fingerprint density at radius 1 is 1.29 bits per heavy atom. The lowest BCUT2D eigenvalue weighted by molar-refractivity contribution is -0.137. The molecule has 7 nitrogen and oxygen atoms in total. The number of hydrogen-bond donors (Lipinski definition) is 1. The van der Waals surface area contributed by atoms with E-state index in [-0.39, 0.29) is 11.7 Å². The first kappa shape index (κ1) is 18.2. The average molecular weight is 371 g/mol. The topological polar surface area (TPSA) is 88.3 Å². The molecule has 0 saturated heterocycles. The van der Waals surface area contributed by atoms with E-state index in [1.54, 1.807) is 18.2 Å². The van der Waals surface area contributed by atoms with Crippen molar-refractivity contribution in [3.63, 3.8) is 0 Å². The highest BCUT2D eigenvalue weighted by Crippen LogP contribution is 2.30. The molecule has 1 heterocycles. The van der Waals surface area contributed by atoms with Gasteiger partial charge in [0.05, 0.1) is 10.0 Å². The number of aliphatic carboxylic acids is 1. The smallest absolute Gasteiger partial charge is 0.323 e. The van der Waals surface area contributed by atoms with Gasteiger partial charge in [-0.15, -0.1) is 5.10 Å². The molecule has 0 aliphatic heterocycles. The Balaban J connectivity index is 2.53. The molecule has 2 rings (SSSR count). The maximum Gasteiger partial charge on any atom is 0.323 e. The van der Waals surface area contributed by atoms with E-state index >= 15 is 0 Å². The largest absolute Gasteiger partial charge is 0.480 e. The van der Waals surface area contributed by atoms with Crippen molar-refractivity contribution in [1.82, 2.24) is 19.7 Å². The van der Waals surface area contributed by atoms with E-state index in [4.69, 9.17) is 28.3 Å². The summed E-state index contributed by atoms with van der Waals surface area (Å²) in [7, 11) is 1.37. The maximum absolute atomic E-state index is 12.3. The van der Waals surface area contributed by atoms with Crippen LogP contribution < -0.4 is 0 Å². The molecule has 0 radical (unpaired) electrons. The third kappa shape index (κ3) is 3.68. The van der Waals surface area contributed by atoms with Gasteiger partial charge < -0.3 is 10.0 Å². The number of aromatic nitrogens is 3. The van der Waals surface area contributed by atoms with Crippen LogP contribution in [0.15, 0.2) is 18.2 Å². The number of carboxylic acids is 1. The van der Waals surface area contributed by atoms with Gasteiger partial charge in [0.1, 0.15) is 18.1 Å². The Morgan fingerprint density at radius 3 is 2.38 bits per heavy atom. The molecular weight excluding hydrogens is 355 g/mol. The second kappa shape index (κ2) is 7.19. The number of benzene rings is 1. The number of amides is 1. The van der Waals surface area contributed by atoms with Gasteiger partial charge in [0.2, 0.25) is 5.82 Å². The van der Waals surface area contributed by atoms with Crippen LogP contribution in [0.1, 0.15) is 36.2 Å². The van der Waals surface area contributed by atoms with Gasteiger partial charge in [-0.2, -0.15) is 0 Å². The summed E-state index contributed by atoms with van der Waals surface area (Å²) in [6.07, 6.45) is 0. The second-order valence-corrected chi connectivity index (χ2v) is 6.30. The standard InChI is InChI=1S/C15H16Cl2N4O3/c1-8(2)14-18-13(15(24)20(3)7-11(22)23)19-21(14)12-9(16)5-4-6-10(12)17/h4-6,8H,7H2,1-3H3,(H,22,23). The van der Waals surface area contributed by atoms with E-state index in [1.165, 1.54) is 11.7 Å². The molecule has 0 spiro atoms. The summed E-state index contributed by atoms with van der Waals surface area (Å²) in [4.78, 5) is 28.4. The van der Waals surface area contributed by atoms with Gasteiger partial charge in [-0.05, 0) is 12.1 Å². The van der Waals surface area contributed by atoms with Crippen molar-refractivity contribution in [1.29, 1.82) is 0 Å². The Bertz CT molecular complexity index is 769. The monoisotopic (exact) mass is 370 g/mol. The number of hydrogen-bond acceptors (Lipinski definition) is 4. The molecule has 128 valence electrons. The molecule has 24 heavy (non-hydrogen) atoms. The number of likely N-dealkylation sites (N-methyl/N-ethyl adjacent to an activating group) is 1. The SMILES string of the molecule is CC(C)c1nc(C(=O)N(C)CC(=O)O)nn1-c1c(Cl)cccc1Cl. The van der Waals surface area contributed by atoms with Crippen LogP contribution in [-0.2, 0) is 4.79 Å². The molecule has 0 atom stereocenters. The van der Waals surface area contributed by atoms with Crippen molar-refractivity contribution in [2.24, 2.45) is 0 Å². The van der Waals surface area contributed by atoms with Gasteiger partial charge in [0.15, 0.2) is 0 Å². The number of para-hydroxylation sites is 1. The third-order valence-corrected chi connectivity index (χ3v) is 3.82. The van der Waals surface area contributed by atoms with Crippen molar-refractivity contribution in [2.45, 2.75) is 19.8 Å². The summed E-state index contributed by atoms with van der Waals surface area (Å²) in [5, 5.41) is 13.7. The molecule has 0 aliphatic rings. The van der Waals surface area contributed by atoms with Gasteiger partial charge in [0.25, 0.3) is 5.91 Å². The normalized spacial score (nSPS) is 10.9. The van der Waals surface area contributed by atoms with E-state index in [0.717, 1.165) is 4.90 Å². The van der Waals surface area contributed by atoms with Crippen molar-refractivity contribution >= 4 is 35.1 Å². The zero-order chi connectivity index (χ0) is 18.0. The molecule has 0 fully saturated rings. The van der Waals surface area contributed by atoms with E-state index in [9.17, 15) is 9.59 Å². The molecule has 1 aromatic heterocycles. The average Bonchev–Trinajstić information content (AvgIpc) is 2.90. The van der Waals surface area contributed by atoms with Crippen LogP contribution in [0.2, 0.25) is 10.0 Å². The lowest BCUT2D eigenvalue weighted by atomic mass is 10.2. The fourth-order valence-corrected chi connectivity index (χ4v) is 2.65. The Kier molecular flexibility index (Phi) is 5.46. The summed E-state index contributed by atoms with van der Waals surface area (Å²) in [6, 6.07) is 5.02. The number of halogens is 2. The number of carboxylic acid groups (broad SMARTS) is 1. The van der Waals surface area contributed by atoms with Gasteiger partial charge in [0, 0.05) is 13.0 Å². The summed E-state index contributed by atoms with van der Waals surface area (Å²) in [5.74, 6) is -1.39. The molecule has 1 aromatic carbocycles. The zero-order valence-corrected chi connectivity index (χ0v) is 14.8. The first-order chi connectivity index (χ1) is 11.2. The molecule has 2 aromatic rings. The molecule has 1 N–H and O–H groups in total. The van der Waals surface area contributed by atoms with Crippen molar-refractivity contribution < 1.29 is 14.7 Å². The summed E-state index contributed by atoms with van der Waals surface area (Å²) in [6.45, 7) is 3.33. The molecule has 0 unspecified atom stereocenters. The van der Waals surface area contributed by atoms with Crippen molar-refractivity contribution in [3.8, 4) is 5.69 Å². The Labute approximate surface area is 148 Å². The van der Waals surface area contributed by atoms with Gasteiger partial charge in [-0.3, -0.25) is 9.59 Å². The Morgan fingerprint density at radius 2 is 1.88 bits per heavy atom. The quantitative estimate of drug-likeness (QED) is 0.873. The molecule has 0 saturated carbocycles. The number of nitrogens with zero attached hydrogens (tertiary/aromatic N) is 4. The molecule has 0 aliphatic carbocycles. The summed E-state index contributed by atoms with van der Waals surface area (Å²) in [5.41, 5.74) is 0.428. The van der Waals surface area contributed by atoms with E-state index in [1.807, 2.05) is 13.8 Å². The maximum atomic E-state index is 12.3. The van der Waals surface area contributed by atoms with E-state index < -0.39 is 18.4 Å². The lowest BCUT2D eigenvalue weighted by Gasteiger charge is -2.11. The number of rotatable bonds is 5. The molecule has 0 bridgehead atoms. The fraction of sp³-hybridized carbons (Fsp3) is 0.333. The highest BCUT2D eigenvalue weighted by molar-refractivity contribution is 6.37. The fourth-order valence-electron chi connectivity index (χ4n) is 2.09. The van der Waals surface area contributed by atoms with Gasteiger partial charge in [-0.1, -0.05) is 43.1 Å². The number of carbonyl (C=O) groups excluding carboxylic acids is 1.